The number of H-pyrrole nitrogens is 1. The number of carbonyl (C=O) groups is 2. The lowest BCUT2D eigenvalue weighted by Gasteiger charge is -2.25. The highest BCUT2D eigenvalue weighted by atomic mass is 16.2. The highest BCUT2D eigenvalue weighted by Gasteiger charge is 2.34. The smallest absolute Gasteiger partial charge is 0.257 e. The second-order valence-corrected chi connectivity index (χ2v) is 6.07. The Bertz CT molecular complexity index is 752. The average Bonchev–Trinajstić information content (AvgIpc) is 3.22. The molecule has 24 heavy (non-hydrogen) atoms. The molecule has 3 rings (SSSR count). The molecule has 1 aliphatic heterocycles. The van der Waals surface area contributed by atoms with Crippen LogP contribution in [0.2, 0.25) is 0 Å². The zero-order valence-corrected chi connectivity index (χ0v) is 14.0. The first-order valence-corrected chi connectivity index (χ1v) is 7.83. The van der Waals surface area contributed by atoms with E-state index in [0.717, 1.165) is 12.8 Å². The summed E-state index contributed by atoms with van der Waals surface area (Å²) in [5.74, 6) is 0.365. The molecule has 0 spiro atoms. The molecule has 1 fully saturated rings. The van der Waals surface area contributed by atoms with E-state index in [4.69, 9.17) is 0 Å². The SMILES string of the molecule is Cc1ncc(C(=O)N2CCC[C@@H]2c2[nH]ncc2C(=O)N(C)C)cn1. The van der Waals surface area contributed by atoms with Crippen LogP contribution in [0.15, 0.2) is 18.6 Å². The minimum absolute atomic E-state index is 0.128. The van der Waals surface area contributed by atoms with Crippen LogP contribution in [-0.4, -0.2) is 62.4 Å². The van der Waals surface area contributed by atoms with Crippen LogP contribution in [0.4, 0.5) is 0 Å². The van der Waals surface area contributed by atoms with Crippen LogP contribution < -0.4 is 0 Å². The molecule has 126 valence electrons. The van der Waals surface area contributed by atoms with E-state index in [1.807, 2.05) is 0 Å². The number of aromatic nitrogens is 4. The Hall–Kier alpha value is -2.77. The molecule has 8 nitrogen and oxygen atoms in total. The van der Waals surface area contributed by atoms with Gasteiger partial charge in [-0.1, -0.05) is 0 Å². The maximum absolute atomic E-state index is 12.8. The fraction of sp³-hybridized carbons (Fsp3) is 0.438. The van der Waals surface area contributed by atoms with Crippen molar-refractivity contribution in [2.24, 2.45) is 0 Å². The number of likely N-dealkylation sites (tertiary alicyclic amines) is 1. The maximum Gasteiger partial charge on any atom is 0.257 e. The molecule has 2 amide bonds. The number of aromatic amines is 1. The van der Waals surface area contributed by atoms with Crippen molar-refractivity contribution in [3.05, 3.63) is 41.2 Å². The van der Waals surface area contributed by atoms with Crippen molar-refractivity contribution < 1.29 is 9.59 Å². The Labute approximate surface area is 139 Å². The van der Waals surface area contributed by atoms with Gasteiger partial charge >= 0.3 is 0 Å². The quantitative estimate of drug-likeness (QED) is 0.913. The molecule has 2 aromatic rings. The van der Waals surface area contributed by atoms with Crippen LogP contribution in [0.3, 0.4) is 0 Å². The zero-order valence-electron chi connectivity index (χ0n) is 14.0. The second kappa shape index (κ2) is 6.38. The summed E-state index contributed by atoms with van der Waals surface area (Å²) in [6.07, 6.45) is 6.26. The predicted molar refractivity (Wildman–Crippen MR) is 86.4 cm³/mol. The van der Waals surface area contributed by atoms with Crippen molar-refractivity contribution in [2.45, 2.75) is 25.8 Å². The number of hydrogen-bond donors (Lipinski definition) is 1. The first kappa shape index (κ1) is 16.1. The minimum atomic E-state index is -0.194. The number of hydrogen-bond acceptors (Lipinski definition) is 5. The topological polar surface area (TPSA) is 95.1 Å². The van der Waals surface area contributed by atoms with E-state index < -0.39 is 0 Å². The molecule has 3 heterocycles. The van der Waals surface area contributed by atoms with Gasteiger partial charge in [-0.3, -0.25) is 14.7 Å². The van der Waals surface area contributed by atoms with E-state index >= 15 is 0 Å². The first-order valence-electron chi connectivity index (χ1n) is 7.83. The van der Waals surface area contributed by atoms with Crippen LogP contribution in [0.1, 0.15) is 51.1 Å². The van der Waals surface area contributed by atoms with Gasteiger partial charge in [0.2, 0.25) is 0 Å². The molecule has 0 radical (unpaired) electrons. The minimum Gasteiger partial charge on any atom is -0.345 e. The van der Waals surface area contributed by atoms with Gasteiger partial charge in [0.25, 0.3) is 11.8 Å². The molecule has 0 aromatic carbocycles. The van der Waals surface area contributed by atoms with Gasteiger partial charge in [0.05, 0.1) is 29.1 Å². The van der Waals surface area contributed by atoms with Crippen LogP contribution in [0.25, 0.3) is 0 Å². The van der Waals surface area contributed by atoms with Gasteiger partial charge in [-0.2, -0.15) is 5.10 Å². The molecule has 0 bridgehead atoms. The number of rotatable bonds is 3. The zero-order chi connectivity index (χ0) is 17.3. The van der Waals surface area contributed by atoms with Gasteiger partial charge in [-0.05, 0) is 19.8 Å². The summed E-state index contributed by atoms with van der Waals surface area (Å²) in [6.45, 7) is 2.41. The number of nitrogens with zero attached hydrogens (tertiary/aromatic N) is 5. The van der Waals surface area contributed by atoms with Crippen molar-refractivity contribution in [2.75, 3.05) is 20.6 Å². The van der Waals surface area contributed by atoms with E-state index in [1.165, 1.54) is 11.1 Å². The highest BCUT2D eigenvalue weighted by Crippen LogP contribution is 2.33. The molecule has 0 saturated carbocycles. The number of amides is 2. The molecular formula is C16H20N6O2. The third-order valence-electron chi connectivity index (χ3n) is 4.18. The van der Waals surface area contributed by atoms with Crippen LogP contribution in [0, 0.1) is 6.92 Å². The van der Waals surface area contributed by atoms with Gasteiger partial charge in [-0.25, -0.2) is 9.97 Å². The lowest BCUT2D eigenvalue weighted by molar-refractivity contribution is 0.0724. The standard InChI is InChI=1S/C16H20N6O2/c1-10-17-7-11(8-18-10)15(23)22-6-4-5-13(22)14-12(9-19-20-14)16(24)21(2)3/h7-9,13H,4-6H2,1-3H3,(H,19,20)/t13-/m1/s1. The lowest BCUT2D eigenvalue weighted by atomic mass is 10.1. The van der Waals surface area contributed by atoms with Gasteiger partial charge in [0.1, 0.15) is 5.82 Å². The summed E-state index contributed by atoms with van der Waals surface area (Å²) >= 11 is 0. The second-order valence-electron chi connectivity index (χ2n) is 6.07. The number of carbonyl (C=O) groups excluding carboxylic acids is 2. The van der Waals surface area contributed by atoms with Crippen molar-refractivity contribution in [1.29, 1.82) is 0 Å². The van der Waals surface area contributed by atoms with Gasteiger partial charge < -0.3 is 9.80 Å². The van der Waals surface area contributed by atoms with E-state index in [2.05, 4.69) is 20.2 Å². The van der Waals surface area contributed by atoms with Gasteiger partial charge in [-0.15, -0.1) is 0 Å². The molecule has 0 aliphatic carbocycles. The molecule has 1 aliphatic rings. The van der Waals surface area contributed by atoms with Crippen LogP contribution in [-0.2, 0) is 0 Å². The Morgan fingerprint density at radius 2 is 1.96 bits per heavy atom. The maximum atomic E-state index is 12.8. The van der Waals surface area contributed by atoms with Crippen LogP contribution >= 0.6 is 0 Å². The first-order chi connectivity index (χ1) is 11.5. The molecule has 8 heteroatoms. The van der Waals surface area contributed by atoms with Crippen molar-refractivity contribution in [3.63, 3.8) is 0 Å². The Morgan fingerprint density at radius 3 is 2.62 bits per heavy atom. The van der Waals surface area contributed by atoms with E-state index in [1.54, 1.807) is 38.3 Å². The predicted octanol–water partition coefficient (Wildman–Crippen LogP) is 1.19. The Balaban J connectivity index is 1.89. The largest absolute Gasteiger partial charge is 0.345 e. The average molecular weight is 328 g/mol. The molecule has 0 unspecified atom stereocenters. The van der Waals surface area contributed by atoms with E-state index in [9.17, 15) is 9.59 Å². The van der Waals surface area contributed by atoms with Crippen molar-refractivity contribution >= 4 is 11.8 Å². The summed E-state index contributed by atoms with van der Waals surface area (Å²) in [5, 5.41) is 6.92. The highest BCUT2D eigenvalue weighted by molar-refractivity contribution is 5.96. The monoisotopic (exact) mass is 328 g/mol. The Kier molecular flexibility index (Phi) is 4.28. The third-order valence-corrected chi connectivity index (χ3v) is 4.18. The van der Waals surface area contributed by atoms with Crippen LogP contribution in [0.5, 0.6) is 0 Å². The van der Waals surface area contributed by atoms with Gasteiger partial charge in [0, 0.05) is 33.0 Å². The van der Waals surface area contributed by atoms with E-state index in [-0.39, 0.29) is 17.9 Å². The summed E-state index contributed by atoms with van der Waals surface area (Å²) in [4.78, 5) is 36.5. The van der Waals surface area contributed by atoms with Crippen molar-refractivity contribution in [1.82, 2.24) is 30.0 Å². The van der Waals surface area contributed by atoms with E-state index in [0.29, 0.717) is 29.2 Å². The fourth-order valence-corrected chi connectivity index (χ4v) is 2.94. The lowest BCUT2D eigenvalue weighted by Crippen LogP contribution is -2.32. The summed E-state index contributed by atoms with van der Waals surface area (Å²) < 4.78 is 0. The summed E-state index contributed by atoms with van der Waals surface area (Å²) in [5.41, 5.74) is 1.64. The summed E-state index contributed by atoms with van der Waals surface area (Å²) in [6, 6.07) is -0.194. The van der Waals surface area contributed by atoms with Crippen molar-refractivity contribution in [3.8, 4) is 0 Å². The van der Waals surface area contributed by atoms with Gasteiger partial charge in [0.15, 0.2) is 0 Å². The molecule has 1 atom stereocenters. The molecular weight excluding hydrogens is 308 g/mol. The molecule has 1 saturated heterocycles. The normalized spacial score (nSPS) is 17.1. The fourth-order valence-electron chi connectivity index (χ4n) is 2.94. The molecule has 2 aromatic heterocycles. The third kappa shape index (κ3) is 2.86. The Morgan fingerprint density at radius 1 is 1.25 bits per heavy atom. The summed E-state index contributed by atoms with van der Waals surface area (Å²) in [7, 11) is 3.39. The number of nitrogens with one attached hydrogen (secondary N) is 1. The number of aryl methyl sites for hydroxylation is 1. The molecule has 1 N–H and O–H groups in total.